The van der Waals surface area contributed by atoms with Crippen LogP contribution in [0.4, 0.5) is 17.6 Å². The average Bonchev–Trinajstić information content (AvgIpc) is 2.63. The molecule has 3 aromatic rings. The number of anilines is 3. The maximum absolute atomic E-state index is 12.2. The highest BCUT2D eigenvalue weighted by atomic mass is 35.5. The Balaban J connectivity index is 1.71. The van der Waals surface area contributed by atoms with E-state index in [-0.39, 0.29) is 39.9 Å². The molecule has 9 heteroatoms. The summed E-state index contributed by atoms with van der Waals surface area (Å²) in [5, 5.41) is 3.42. The van der Waals surface area contributed by atoms with Crippen LogP contribution in [-0.2, 0) is 11.3 Å². The maximum Gasteiger partial charge on any atom is 0.340 e. The summed E-state index contributed by atoms with van der Waals surface area (Å²) in [5.74, 6) is -0.192. The molecule has 0 aliphatic rings. The van der Waals surface area contributed by atoms with Crippen LogP contribution in [0.25, 0.3) is 0 Å². The van der Waals surface area contributed by atoms with Gasteiger partial charge in [0.1, 0.15) is 0 Å². The van der Waals surface area contributed by atoms with Crippen LogP contribution in [0.15, 0.2) is 42.5 Å². The summed E-state index contributed by atoms with van der Waals surface area (Å²) in [6.45, 7) is 1.79. The third kappa shape index (κ3) is 4.84. The van der Waals surface area contributed by atoms with Gasteiger partial charge in [-0.2, -0.15) is 15.0 Å². The lowest BCUT2D eigenvalue weighted by Gasteiger charge is -2.09. The number of nitrogens with zero attached hydrogens (tertiary/aromatic N) is 3. The Morgan fingerprint density at radius 3 is 2.59 bits per heavy atom. The van der Waals surface area contributed by atoms with Gasteiger partial charge in [0.15, 0.2) is 12.4 Å². The number of aromatic nitrogens is 3. The van der Waals surface area contributed by atoms with Crippen LogP contribution in [0.5, 0.6) is 0 Å². The molecule has 2 aromatic carbocycles. The average molecular weight is 404 g/mol. The molecule has 3 rings (SSSR count). The zero-order valence-electron chi connectivity index (χ0n) is 14.2. The maximum atomic E-state index is 12.2. The minimum absolute atomic E-state index is 0.00597. The Bertz CT molecular complexity index is 980. The van der Waals surface area contributed by atoms with Crippen LogP contribution in [0.2, 0.25) is 10.0 Å². The van der Waals surface area contributed by atoms with Crippen LogP contribution in [-0.4, -0.2) is 20.9 Å². The minimum atomic E-state index is -0.644. The van der Waals surface area contributed by atoms with Crippen molar-refractivity contribution in [1.82, 2.24) is 15.0 Å². The van der Waals surface area contributed by atoms with Crippen LogP contribution >= 0.6 is 23.2 Å². The van der Waals surface area contributed by atoms with Crippen molar-refractivity contribution in [3.8, 4) is 0 Å². The second-order valence-electron chi connectivity index (χ2n) is 5.60. The van der Waals surface area contributed by atoms with Gasteiger partial charge in [-0.1, -0.05) is 47.0 Å². The molecule has 0 saturated carbocycles. The first-order valence-electron chi connectivity index (χ1n) is 7.87. The van der Waals surface area contributed by atoms with E-state index < -0.39 is 5.97 Å². The standard InChI is InChI=1S/C18H15Cl2N5O2/c1-10-5-7-11(8-6-10)22-18-24-14(23-17(21)25-18)9-27-16(26)12-3-2-4-13(19)15(12)20/h2-8H,9H2,1H3,(H3,21,22,23,24,25). The third-order valence-electron chi connectivity index (χ3n) is 3.51. The van der Waals surface area contributed by atoms with Gasteiger partial charge in [0.05, 0.1) is 15.6 Å². The second-order valence-corrected chi connectivity index (χ2v) is 6.39. The van der Waals surface area contributed by atoms with E-state index >= 15 is 0 Å². The molecule has 0 aliphatic carbocycles. The third-order valence-corrected chi connectivity index (χ3v) is 4.33. The van der Waals surface area contributed by atoms with Crippen LogP contribution in [0.1, 0.15) is 21.7 Å². The molecule has 0 fully saturated rings. The number of rotatable bonds is 5. The molecular weight excluding hydrogens is 389 g/mol. The van der Waals surface area contributed by atoms with Gasteiger partial charge in [0.2, 0.25) is 11.9 Å². The Labute approximate surface area is 165 Å². The molecule has 138 valence electrons. The van der Waals surface area contributed by atoms with E-state index in [2.05, 4.69) is 20.3 Å². The summed E-state index contributed by atoms with van der Waals surface area (Å²) in [6.07, 6.45) is 0. The zero-order chi connectivity index (χ0) is 19.4. The molecule has 7 nitrogen and oxygen atoms in total. The first kappa shape index (κ1) is 18.9. The van der Waals surface area contributed by atoms with Crippen molar-refractivity contribution in [3.63, 3.8) is 0 Å². The van der Waals surface area contributed by atoms with Crippen molar-refractivity contribution < 1.29 is 9.53 Å². The Morgan fingerprint density at radius 1 is 1.11 bits per heavy atom. The molecule has 27 heavy (non-hydrogen) atoms. The number of aryl methyl sites for hydroxylation is 1. The number of nitrogens with one attached hydrogen (secondary N) is 1. The molecule has 1 heterocycles. The van der Waals surface area contributed by atoms with E-state index in [1.54, 1.807) is 12.1 Å². The van der Waals surface area contributed by atoms with Crippen molar-refractivity contribution in [2.75, 3.05) is 11.1 Å². The largest absolute Gasteiger partial charge is 0.454 e. The van der Waals surface area contributed by atoms with Gasteiger partial charge in [0.25, 0.3) is 0 Å². The lowest BCUT2D eigenvalue weighted by molar-refractivity contribution is 0.0462. The highest BCUT2D eigenvalue weighted by Gasteiger charge is 2.15. The van der Waals surface area contributed by atoms with E-state index in [4.69, 9.17) is 33.7 Å². The SMILES string of the molecule is Cc1ccc(Nc2nc(N)nc(COC(=O)c3cccc(Cl)c3Cl)n2)cc1. The Kier molecular flexibility index (Phi) is 5.73. The van der Waals surface area contributed by atoms with Gasteiger partial charge in [-0.25, -0.2) is 4.79 Å². The lowest BCUT2D eigenvalue weighted by Crippen LogP contribution is -2.11. The van der Waals surface area contributed by atoms with Crippen molar-refractivity contribution in [3.05, 3.63) is 69.5 Å². The smallest absolute Gasteiger partial charge is 0.340 e. The van der Waals surface area contributed by atoms with Crippen molar-refractivity contribution in [2.24, 2.45) is 0 Å². The van der Waals surface area contributed by atoms with Gasteiger partial charge in [-0.15, -0.1) is 0 Å². The fourth-order valence-electron chi connectivity index (χ4n) is 2.19. The summed E-state index contributed by atoms with van der Waals surface area (Å²) in [4.78, 5) is 24.4. The van der Waals surface area contributed by atoms with Gasteiger partial charge in [-0.05, 0) is 31.2 Å². The predicted molar refractivity (Wildman–Crippen MR) is 104 cm³/mol. The van der Waals surface area contributed by atoms with Crippen LogP contribution in [0.3, 0.4) is 0 Å². The molecule has 0 atom stereocenters. The fraction of sp³-hybridized carbons (Fsp3) is 0.111. The molecule has 0 saturated heterocycles. The zero-order valence-corrected chi connectivity index (χ0v) is 15.8. The lowest BCUT2D eigenvalue weighted by atomic mass is 10.2. The summed E-state index contributed by atoms with van der Waals surface area (Å²) in [7, 11) is 0. The molecule has 0 aliphatic heterocycles. The van der Waals surface area contributed by atoms with Crippen molar-refractivity contribution >= 4 is 46.8 Å². The van der Waals surface area contributed by atoms with E-state index in [1.807, 2.05) is 31.2 Å². The molecule has 0 amide bonds. The first-order valence-corrected chi connectivity index (χ1v) is 8.63. The van der Waals surface area contributed by atoms with Gasteiger partial charge >= 0.3 is 5.97 Å². The normalized spacial score (nSPS) is 10.5. The van der Waals surface area contributed by atoms with Crippen molar-refractivity contribution in [1.29, 1.82) is 0 Å². The van der Waals surface area contributed by atoms with E-state index in [1.165, 1.54) is 6.07 Å². The number of nitrogens with two attached hydrogens (primary N) is 1. The number of carbonyl (C=O) groups is 1. The van der Waals surface area contributed by atoms with Gasteiger partial charge in [-0.3, -0.25) is 0 Å². The van der Waals surface area contributed by atoms with E-state index in [0.29, 0.717) is 0 Å². The van der Waals surface area contributed by atoms with Crippen LogP contribution < -0.4 is 11.1 Å². The van der Waals surface area contributed by atoms with Gasteiger partial charge in [0, 0.05) is 5.69 Å². The van der Waals surface area contributed by atoms with Crippen molar-refractivity contribution in [2.45, 2.75) is 13.5 Å². The van der Waals surface area contributed by atoms with E-state index in [9.17, 15) is 4.79 Å². The minimum Gasteiger partial charge on any atom is -0.454 e. The number of ether oxygens (including phenoxy) is 1. The molecule has 1 aromatic heterocycles. The predicted octanol–water partition coefficient (Wildman–Crippen LogP) is 4.17. The topological polar surface area (TPSA) is 103 Å². The molecule has 0 radical (unpaired) electrons. The highest BCUT2D eigenvalue weighted by Crippen LogP contribution is 2.26. The molecule has 0 unspecified atom stereocenters. The number of carbonyl (C=O) groups excluding carboxylic acids is 1. The summed E-state index contributed by atoms with van der Waals surface area (Å²) < 4.78 is 5.21. The highest BCUT2D eigenvalue weighted by molar-refractivity contribution is 6.43. The molecule has 3 N–H and O–H groups in total. The summed E-state index contributed by atoms with van der Waals surface area (Å²) in [5.41, 5.74) is 7.79. The molecular formula is C18H15Cl2N5O2. The number of benzene rings is 2. The van der Waals surface area contributed by atoms with Crippen LogP contribution in [0, 0.1) is 6.92 Å². The number of hydrogen-bond donors (Lipinski definition) is 2. The molecule has 0 spiro atoms. The second kappa shape index (κ2) is 8.20. The summed E-state index contributed by atoms with van der Waals surface area (Å²) in [6, 6.07) is 12.4. The number of esters is 1. The molecule has 0 bridgehead atoms. The monoisotopic (exact) mass is 403 g/mol. The Hall–Kier alpha value is -2.90. The number of nitrogen functional groups attached to an aromatic ring is 1. The van der Waals surface area contributed by atoms with Gasteiger partial charge < -0.3 is 15.8 Å². The number of hydrogen-bond acceptors (Lipinski definition) is 7. The van der Waals surface area contributed by atoms with E-state index in [0.717, 1.165) is 11.3 Å². The first-order chi connectivity index (χ1) is 12.9. The summed E-state index contributed by atoms with van der Waals surface area (Å²) >= 11 is 11.9. The quantitative estimate of drug-likeness (QED) is 0.615. The number of halogens is 2. The fourth-order valence-corrected chi connectivity index (χ4v) is 2.57. The Morgan fingerprint density at radius 2 is 1.85 bits per heavy atom.